The second kappa shape index (κ2) is 7.91. The van der Waals surface area contributed by atoms with Crippen LogP contribution in [0.1, 0.15) is 24.0 Å². The summed E-state index contributed by atoms with van der Waals surface area (Å²) in [4.78, 5) is 30.9. The number of halogens is 4. The topological polar surface area (TPSA) is 61.8 Å². The number of nitrogens with zero attached hydrogens (tertiary/aromatic N) is 4. The van der Waals surface area contributed by atoms with Crippen LogP contribution in [0, 0.1) is 5.92 Å². The molecule has 0 aliphatic heterocycles. The molecule has 1 aliphatic rings. The summed E-state index contributed by atoms with van der Waals surface area (Å²) in [7, 11) is 0. The van der Waals surface area contributed by atoms with Crippen molar-refractivity contribution in [2.24, 2.45) is 5.92 Å². The van der Waals surface area contributed by atoms with Crippen LogP contribution in [0.5, 0.6) is 0 Å². The molecule has 0 atom stereocenters. The van der Waals surface area contributed by atoms with Gasteiger partial charge in [-0.05, 0) is 60.7 Å². The SMILES string of the molecule is O=c1c2c(ncn2Cc2ccc(C(F)(F)F)cc2)n(-c2ccc(Cl)cc2)c(=O)n1CC1CC1. The molecule has 0 N–H and O–H groups in total. The van der Waals surface area contributed by atoms with Gasteiger partial charge in [-0.25, -0.2) is 14.3 Å². The zero-order valence-corrected chi connectivity index (χ0v) is 18.0. The maximum absolute atomic E-state index is 13.3. The molecule has 0 amide bonds. The summed E-state index contributed by atoms with van der Waals surface area (Å²) >= 11 is 5.99. The Morgan fingerprint density at radius 1 is 1.00 bits per heavy atom. The molecule has 2 aromatic carbocycles. The van der Waals surface area contributed by atoms with E-state index in [0.717, 1.165) is 25.0 Å². The molecular formula is C23H18ClF3N4O2. The molecule has 0 unspecified atom stereocenters. The first kappa shape index (κ1) is 21.5. The first-order valence-corrected chi connectivity index (χ1v) is 10.7. The van der Waals surface area contributed by atoms with Crippen LogP contribution in [0.15, 0.2) is 64.4 Å². The summed E-state index contributed by atoms with van der Waals surface area (Å²) in [6.07, 6.45) is -1.09. The maximum atomic E-state index is 13.3. The highest BCUT2D eigenvalue weighted by atomic mass is 35.5. The predicted octanol–water partition coefficient (Wildman–Crippen LogP) is 4.48. The molecule has 170 valence electrons. The van der Waals surface area contributed by atoms with Gasteiger partial charge in [-0.15, -0.1) is 0 Å². The monoisotopic (exact) mass is 474 g/mol. The van der Waals surface area contributed by atoms with Crippen molar-refractivity contribution in [1.29, 1.82) is 0 Å². The van der Waals surface area contributed by atoms with Gasteiger partial charge in [0.1, 0.15) is 0 Å². The zero-order valence-electron chi connectivity index (χ0n) is 17.2. The number of fused-ring (bicyclic) bond motifs is 1. The number of aromatic nitrogens is 4. The van der Waals surface area contributed by atoms with Crippen molar-refractivity contribution in [3.05, 3.63) is 91.8 Å². The molecule has 33 heavy (non-hydrogen) atoms. The Balaban J connectivity index is 1.65. The predicted molar refractivity (Wildman–Crippen MR) is 118 cm³/mol. The van der Waals surface area contributed by atoms with Crippen molar-refractivity contribution < 1.29 is 13.2 Å². The van der Waals surface area contributed by atoms with Crippen LogP contribution in [-0.4, -0.2) is 18.7 Å². The minimum absolute atomic E-state index is 0.131. The molecule has 0 bridgehead atoms. The van der Waals surface area contributed by atoms with E-state index in [1.165, 1.54) is 27.6 Å². The molecule has 1 saturated carbocycles. The van der Waals surface area contributed by atoms with Gasteiger partial charge in [-0.3, -0.25) is 9.36 Å². The van der Waals surface area contributed by atoms with Crippen molar-refractivity contribution >= 4 is 22.8 Å². The second-order valence-corrected chi connectivity index (χ2v) is 8.63. The van der Waals surface area contributed by atoms with Crippen LogP contribution in [-0.2, 0) is 19.3 Å². The number of hydrogen-bond donors (Lipinski definition) is 0. The smallest absolute Gasteiger partial charge is 0.320 e. The van der Waals surface area contributed by atoms with Crippen LogP contribution in [0.2, 0.25) is 5.02 Å². The third kappa shape index (κ3) is 4.08. The van der Waals surface area contributed by atoms with E-state index < -0.39 is 23.0 Å². The highest BCUT2D eigenvalue weighted by molar-refractivity contribution is 6.30. The van der Waals surface area contributed by atoms with Crippen LogP contribution in [0.25, 0.3) is 16.9 Å². The lowest BCUT2D eigenvalue weighted by Gasteiger charge is -2.13. The van der Waals surface area contributed by atoms with Crippen LogP contribution in [0.4, 0.5) is 13.2 Å². The summed E-state index contributed by atoms with van der Waals surface area (Å²) < 4.78 is 42.8. The Kier molecular flexibility index (Phi) is 5.16. The van der Waals surface area contributed by atoms with Gasteiger partial charge in [-0.2, -0.15) is 13.2 Å². The first-order chi connectivity index (χ1) is 15.7. The van der Waals surface area contributed by atoms with Crippen molar-refractivity contribution in [1.82, 2.24) is 18.7 Å². The van der Waals surface area contributed by atoms with Gasteiger partial charge in [0.2, 0.25) is 0 Å². The highest BCUT2D eigenvalue weighted by Gasteiger charge is 2.30. The fourth-order valence-electron chi connectivity index (χ4n) is 3.84. The van der Waals surface area contributed by atoms with E-state index in [-0.39, 0.29) is 23.6 Å². The third-order valence-electron chi connectivity index (χ3n) is 5.76. The average Bonchev–Trinajstić information content (AvgIpc) is 3.51. The van der Waals surface area contributed by atoms with E-state index in [1.54, 1.807) is 28.8 Å². The Labute approximate surface area is 190 Å². The molecule has 10 heteroatoms. The number of rotatable bonds is 5. The van der Waals surface area contributed by atoms with Gasteiger partial charge in [-0.1, -0.05) is 23.7 Å². The Hall–Kier alpha value is -3.33. The fraction of sp³-hybridized carbons (Fsp3) is 0.261. The van der Waals surface area contributed by atoms with Crippen LogP contribution < -0.4 is 11.2 Å². The highest BCUT2D eigenvalue weighted by Crippen LogP contribution is 2.30. The van der Waals surface area contributed by atoms with Gasteiger partial charge in [0.05, 0.1) is 17.6 Å². The Morgan fingerprint density at radius 2 is 1.67 bits per heavy atom. The molecule has 0 saturated heterocycles. The lowest BCUT2D eigenvalue weighted by molar-refractivity contribution is -0.137. The average molecular weight is 475 g/mol. The minimum atomic E-state index is -4.43. The van der Waals surface area contributed by atoms with Crippen LogP contribution in [0.3, 0.4) is 0 Å². The van der Waals surface area contributed by atoms with E-state index in [1.807, 2.05) is 0 Å². The molecule has 0 radical (unpaired) electrons. The Bertz CT molecular complexity index is 1450. The standard InChI is InChI=1S/C23H18ClF3N4O2/c24-17-7-9-18(10-8-17)31-20-19(21(32)30(22(31)33)12-15-1-2-15)29(13-28-20)11-14-3-5-16(6-4-14)23(25,26)27/h3-10,13,15H,1-2,11-12H2. The molecular weight excluding hydrogens is 457 g/mol. The number of imidazole rings is 1. The number of benzene rings is 2. The first-order valence-electron chi connectivity index (χ1n) is 10.3. The molecule has 1 aliphatic carbocycles. The molecule has 2 aromatic heterocycles. The van der Waals surface area contributed by atoms with Gasteiger partial charge in [0.15, 0.2) is 11.2 Å². The molecule has 5 rings (SSSR count). The van der Waals surface area contributed by atoms with Crippen molar-refractivity contribution in [2.45, 2.75) is 32.1 Å². The Morgan fingerprint density at radius 3 is 2.27 bits per heavy atom. The van der Waals surface area contributed by atoms with E-state index in [4.69, 9.17) is 11.6 Å². The summed E-state index contributed by atoms with van der Waals surface area (Å²) in [5.41, 5.74) is -0.210. The number of alkyl halides is 3. The van der Waals surface area contributed by atoms with Gasteiger partial charge in [0.25, 0.3) is 5.56 Å². The summed E-state index contributed by atoms with van der Waals surface area (Å²) in [5.74, 6) is 0.276. The third-order valence-corrected chi connectivity index (χ3v) is 6.01. The van der Waals surface area contributed by atoms with Gasteiger partial charge in [0, 0.05) is 18.1 Å². The molecule has 6 nitrogen and oxygen atoms in total. The summed E-state index contributed by atoms with van der Waals surface area (Å²) in [6, 6.07) is 11.4. The summed E-state index contributed by atoms with van der Waals surface area (Å²) in [5, 5.41) is 0.502. The zero-order chi connectivity index (χ0) is 23.3. The van der Waals surface area contributed by atoms with Gasteiger partial charge < -0.3 is 4.57 Å². The number of hydrogen-bond acceptors (Lipinski definition) is 3. The minimum Gasteiger partial charge on any atom is -0.320 e. The molecule has 1 fully saturated rings. The van der Waals surface area contributed by atoms with Crippen molar-refractivity contribution in [3.63, 3.8) is 0 Å². The van der Waals surface area contributed by atoms with E-state index in [9.17, 15) is 22.8 Å². The van der Waals surface area contributed by atoms with E-state index >= 15 is 0 Å². The lowest BCUT2D eigenvalue weighted by atomic mass is 10.1. The van der Waals surface area contributed by atoms with Crippen molar-refractivity contribution in [3.8, 4) is 5.69 Å². The fourth-order valence-corrected chi connectivity index (χ4v) is 3.96. The van der Waals surface area contributed by atoms with E-state index in [2.05, 4.69) is 4.98 Å². The maximum Gasteiger partial charge on any atom is 0.416 e. The molecule has 0 spiro atoms. The van der Waals surface area contributed by atoms with Crippen molar-refractivity contribution in [2.75, 3.05) is 0 Å². The molecule has 2 heterocycles. The summed E-state index contributed by atoms with van der Waals surface area (Å²) in [6.45, 7) is 0.443. The quantitative estimate of drug-likeness (QED) is 0.428. The molecule has 4 aromatic rings. The van der Waals surface area contributed by atoms with Gasteiger partial charge >= 0.3 is 11.9 Å². The van der Waals surface area contributed by atoms with E-state index in [0.29, 0.717) is 22.8 Å². The second-order valence-electron chi connectivity index (χ2n) is 8.19. The largest absolute Gasteiger partial charge is 0.416 e. The normalized spacial score (nSPS) is 14.2. The lowest BCUT2D eigenvalue weighted by Crippen LogP contribution is -2.40. The van der Waals surface area contributed by atoms with Crippen LogP contribution >= 0.6 is 11.6 Å².